The van der Waals surface area contributed by atoms with E-state index in [0.29, 0.717) is 19.3 Å². The minimum Gasteiger partial charge on any atom is -0.462 e. The van der Waals surface area contributed by atoms with Gasteiger partial charge in [0.05, 0.1) is 19.3 Å². The summed E-state index contributed by atoms with van der Waals surface area (Å²) >= 11 is 0. The van der Waals surface area contributed by atoms with Crippen molar-refractivity contribution < 1.29 is 42.7 Å². The molecule has 0 amide bonds. The van der Waals surface area contributed by atoms with Gasteiger partial charge in [-0.1, -0.05) is 123 Å². The molecule has 0 aliphatic carbocycles. The van der Waals surface area contributed by atoms with Crippen molar-refractivity contribution in [3.63, 3.8) is 0 Å². The van der Waals surface area contributed by atoms with Crippen LogP contribution in [0.1, 0.15) is 136 Å². The first kappa shape index (κ1) is 54.6. The van der Waals surface area contributed by atoms with Crippen LogP contribution in [0.5, 0.6) is 0 Å². The van der Waals surface area contributed by atoms with Gasteiger partial charge >= 0.3 is 19.8 Å². The Morgan fingerprint density at radius 3 is 1.52 bits per heavy atom. The summed E-state index contributed by atoms with van der Waals surface area (Å²) in [6, 6.07) is 0. The van der Waals surface area contributed by atoms with Gasteiger partial charge in [-0.15, -0.1) is 0 Å². The zero-order chi connectivity index (χ0) is 42.6. The van der Waals surface area contributed by atoms with Gasteiger partial charge in [-0.3, -0.25) is 18.6 Å². The van der Waals surface area contributed by atoms with Gasteiger partial charge in [0.1, 0.15) is 6.61 Å². The highest BCUT2D eigenvalue weighted by atomic mass is 31.2. The fourth-order valence-electron chi connectivity index (χ4n) is 5.02. The molecule has 0 spiro atoms. The number of aliphatic hydroxyl groups is 1. The monoisotopic (exact) mass is 830 g/mol. The van der Waals surface area contributed by atoms with Gasteiger partial charge in [0.2, 0.25) is 0 Å². The Balaban J connectivity index is 4.35. The topological polar surface area (TPSA) is 155 Å². The zero-order valence-electron chi connectivity index (χ0n) is 35.6. The van der Waals surface area contributed by atoms with E-state index >= 15 is 0 Å². The summed E-state index contributed by atoms with van der Waals surface area (Å²) in [6.07, 6.45) is 52.6. The second-order valence-electron chi connectivity index (χ2n) is 13.8. The lowest BCUT2D eigenvalue weighted by Crippen LogP contribution is -2.29. The highest BCUT2D eigenvalue weighted by molar-refractivity contribution is 7.47. The number of hydrogen-bond donors (Lipinski definition) is 3. The van der Waals surface area contributed by atoms with Crippen molar-refractivity contribution in [2.45, 2.75) is 148 Å². The van der Waals surface area contributed by atoms with Gasteiger partial charge < -0.3 is 25.2 Å². The van der Waals surface area contributed by atoms with Gasteiger partial charge in [-0.25, -0.2) is 4.57 Å². The van der Waals surface area contributed by atoms with Crippen LogP contribution in [0.4, 0.5) is 0 Å². The molecule has 0 fully saturated rings. The van der Waals surface area contributed by atoms with Crippen LogP contribution in [0.15, 0.2) is 109 Å². The van der Waals surface area contributed by atoms with Gasteiger partial charge in [0, 0.05) is 19.4 Å². The molecule has 328 valence electrons. The predicted molar refractivity (Wildman–Crippen MR) is 239 cm³/mol. The van der Waals surface area contributed by atoms with Crippen LogP contribution in [0.25, 0.3) is 0 Å². The predicted octanol–water partition coefficient (Wildman–Crippen LogP) is 11.4. The minimum atomic E-state index is -4.41. The minimum absolute atomic E-state index is 0.0287. The van der Waals surface area contributed by atoms with E-state index in [9.17, 15) is 24.2 Å². The number of esters is 2. The van der Waals surface area contributed by atoms with E-state index in [0.717, 1.165) is 89.9 Å². The molecule has 3 atom stereocenters. The molecule has 0 bridgehead atoms. The molecule has 0 aromatic rings. The van der Waals surface area contributed by atoms with Gasteiger partial charge in [-0.05, 0) is 110 Å². The summed E-state index contributed by atoms with van der Waals surface area (Å²) in [5.41, 5.74) is 5.34. The smallest absolute Gasteiger partial charge is 0.462 e. The fourth-order valence-corrected chi connectivity index (χ4v) is 5.79. The number of hydrogen-bond acceptors (Lipinski definition) is 9. The van der Waals surface area contributed by atoms with Crippen LogP contribution < -0.4 is 5.73 Å². The van der Waals surface area contributed by atoms with Gasteiger partial charge in [-0.2, -0.15) is 0 Å². The molecule has 0 aliphatic rings. The summed E-state index contributed by atoms with van der Waals surface area (Å²) in [7, 11) is -4.41. The number of allylic oxidation sites excluding steroid dienone is 18. The number of rotatable bonds is 38. The Morgan fingerprint density at radius 1 is 0.586 bits per heavy atom. The van der Waals surface area contributed by atoms with Crippen molar-refractivity contribution in [1.82, 2.24) is 0 Å². The molecule has 0 rings (SSSR count). The molecule has 11 heteroatoms. The number of unbranched alkanes of at least 4 members (excludes halogenated alkanes) is 5. The number of carbonyl (C=O) groups is 2. The summed E-state index contributed by atoms with van der Waals surface area (Å²) in [6.45, 7) is 3.02. The first-order valence-electron chi connectivity index (χ1n) is 21.4. The Kier molecular flexibility index (Phi) is 39.4. The van der Waals surface area contributed by atoms with E-state index < -0.39 is 32.5 Å². The molecule has 0 aromatic heterocycles. The third kappa shape index (κ3) is 42.2. The van der Waals surface area contributed by atoms with E-state index in [4.69, 9.17) is 24.3 Å². The highest BCUT2D eigenvalue weighted by Crippen LogP contribution is 2.43. The maximum absolute atomic E-state index is 12.6. The Labute approximate surface area is 351 Å². The Morgan fingerprint density at radius 2 is 1.03 bits per heavy atom. The second-order valence-corrected chi connectivity index (χ2v) is 15.2. The molecule has 0 aromatic carbocycles. The summed E-state index contributed by atoms with van der Waals surface area (Å²) in [4.78, 5) is 34.8. The number of phosphoric acid groups is 1. The van der Waals surface area contributed by atoms with E-state index in [-0.39, 0.29) is 38.7 Å². The molecule has 4 N–H and O–H groups in total. The van der Waals surface area contributed by atoms with Crippen molar-refractivity contribution in [2.75, 3.05) is 26.4 Å². The van der Waals surface area contributed by atoms with E-state index in [1.165, 1.54) is 0 Å². The standard InChI is InChI=1S/C47H76NO9P/c1-3-4-5-6-7-8-9-10-11-12-13-14-17-21-24-27-30-33-36-39-47(51)57-45(43-56-58(52,53)55-41-40-48)42-54-46(50)38-35-32-29-26-23-20-18-15-16-19-22-25-28-31-34-37-44(2)49/h4-5,7-8,10-11,13-14,16,18-21,24-26,28-29,44-45,49H,3,6,9,12,15,17,22-23,27,30-43,48H2,1-2H3,(H,52,53)/b5-4-,8-7-,11-10-,14-13-,19-16-,20-18-,24-21-,28-25-,29-26-/t44-,45-/m1/s1. The molecular formula is C47H76NO9P. The van der Waals surface area contributed by atoms with Crippen LogP contribution in [0, 0.1) is 0 Å². The highest BCUT2D eigenvalue weighted by Gasteiger charge is 2.25. The summed E-state index contributed by atoms with van der Waals surface area (Å²) in [5, 5.41) is 9.26. The van der Waals surface area contributed by atoms with Crippen molar-refractivity contribution >= 4 is 19.8 Å². The fraction of sp³-hybridized carbons (Fsp3) is 0.574. The summed E-state index contributed by atoms with van der Waals surface area (Å²) in [5.74, 6) is -0.962. The maximum Gasteiger partial charge on any atom is 0.472 e. The second kappa shape index (κ2) is 41.8. The number of phosphoric ester groups is 1. The lowest BCUT2D eigenvalue weighted by Gasteiger charge is -2.19. The maximum atomic E-state index is 12.6. The number of ether oxygens (including phenoxy) is 2. The van der Waals surface area contributed by atoms with Gasteiger partial charge in [0.15, 0.2) is 6.10 Å². The third-order valence-corrected chi connectivity index (χ3v) is 9.15. The number of aliphatic hydroxyl groups excluding tert-OH is 1. The molecule has 10 nitrogen and oxygen atoms in total. The zero-order valence-corrected chi connectivity index (χ0v) is 36.5. The SMILES string of the molecule is CC/C=C\C/C=C\C/C=C\C/C=C\C/C=C\CCCCCC(=O)O[C@H](COC(=O)CCC/C=C\C/C=C\C/C=C\C/C=C\CCC[C@@H](C)O)COP(=O)(O)OCCN. The van der Waals surface area contributed by atoms with Crippen LogP contribution in [0.3, 0.4) is 0 Å². The van der Waals surface area contributed by atoms with E-state index in [1.807, 2.05) is 13.0 Å². The van der Waals surface area contributed by atoms with Gasteiger partial charge in [0.25, 0.3) is 0 Å². The van der Waals surface area contributed by atoms with Crippen LogP contribution >= 0.6 is 7.82 Å². The number of carbonyl (C=O) groups excluding carboxylic acids is 2. The first-order valence-corrected chi connectivity index (χ1v) is 22.9. The van der Waals surface area contributed by atoms with Crippen LogP contribution in [-0.4, -0.2) is 60.5 Å². The quantitative estimate of drug-likeness (QED) is 0.0237. The average molecular weight is 830 g/mol. The third-order valence-electron chi connectivity index (χ3n) is 8.16. The molecule has 58 heavy (non-hydrogen) atoms. The van der Waals surface area contributed by atoms with Crippen molar-refractivity contribution in [3.8, 4) is 0 Å². The molecule has 0 aliphatic heterocycles. The van der Waals surface area contributed by atoms with E-state index in [1.54, 1.807) is 0 Å². The normalized spacial score (nSPS) is 14.9. The van der Waals surface area contributed by atoms with Crippen molar-refractivity contribution in [3.05, 3.63) is 109 Å². The van der Waals surface area contributed by atoms with Crippen LogP contribution in [-0.2, 0) is 32.7 Å². The van der Waals surface area contributed by atoms with Crippen molar-refractivity contribution in [2.24, 2.45) is 5.73 Å². The molecule has 1 unspecified atom stereocenters. The lowest BCUT2D eigenvalue weighted by atomic mass is 10.1. The Hall–Kier alpha value is -3.37. The van der Waals surface area contributed by atoms with Crippen LogP contribution in [0.2, 0.25) is 0 Å². The largest absolute Gasteiger partial charge is 0.472 e. The Bertz CT molecular complexity index is 1330. The molecule has 0 heterocycles. The molecular weight excluding hydrogens is 753 g/mol. The average Bonchev–Trinajstić information content (AvgIpc) is 3.20. The molecule has 0 radical (unpaired) electrons. The first-order chi connectivity index (χ1) is 28.2. The van der Waals surface area contributed by atoms with Crippen molar-refractivity contribution in [1.29, 1.82) is 0 Å². The van der Waals surface area contributed by atoms with E-state index in [2.05, 4.69) is 110 Å². The molecule has 0 saturated heterocycles. The summed E-state index contributed by atoms with van der Waals surface area (Å²) < 4.78 is 32.7. The molecule has 0 saturated carbocycles. The number of nitrogens with two attached hydrogens (primary N) is 1. The lowest BCUT2D eigenvalue weighted by molar-refractivity contribution is -0.161.